The summed E-state index contributed by atoms with van der Waals surface area (Å²) >= 11 is 0. The lowest BCUT2D eigenvalue weighted by atomic mass is 9.99. The highest BCUT2D eigenvalue weighted by molar-refractivity contribution is 5.65. The quantitative estimate of drug-likeness (QED) is 0.604. The summed E-state index contributed by atoms with van der Waals surface area (Å²) in [5.41, 5.74) is 0. The van der Waals surface area contributed by atoms with Crippen molar-refractivity contribution in [2.45, 2.75) is 38.0 Å². The summed E-state index contributed by atoms with van der Waals surface area (Å²) in [6.07, 6.45) is -5.24. The Morgan fingerprint density at radius 2 is 2.08 bits per heavy atom. The molecule has 1 heterocycles. The van der Waals surface area contributed by atoms with Crippen LogP contribution < -0.4 is 0 Å². The van der Waals surface area contributed by atoms with Gasteiger partial charge in [-0.15, -0.1) is 0 Å². The topological polar surface area (TPSA) is 40.5 Å². The predicted octanol–water partition coefficient (Wildman–Crippen LogP) is 2.08. The number of amides is 1. The molecule has 2 atom stereocenters. The van der Waals surface area contributed by atoms with Gasteiger partial charge in [-0.25, -0.2) is 18.0 Å². The molecule has 1 saturated heterocycles. The van der Waals surface area contributed by atoms with Gasteiger partial charge in [-0.05, 0) is 6.92 Å². The molecule has 0 spiro atoms. The van der Waals surface area contributed by atoms with E-state index in [1.807, 2.05) is 0 Å². The second kappa shape index (κ2) is 3.08. The SMILES string of the molecule is CC1CC(F)(F)CC(F)N1C(=O)O. The maximum atomic E-state index is 12.9. The van der Waals surface area contributed by atoms with E-state index in [1.54, 1.807) is 0 Å². The van der Waals surface area contributed by atoms with E-state index in [9.17, 15) is 18.0 Å². The Morgan fingerprint density at radius 3 is 2.46 bits per heavy atom. The van der Waals surface area contributed by atoms with Crippen LogP contribution in [0.15, 0.2) is 0 Å². The van der Waals surface area contributed by atoms with Crippen LogP contribution in [0.4, 0.5) is 18.0 Å². The van der Waals surface area contributed by atoms with Crippen molar-refractivity contribution < 1.29 is 23.1 Å². The molecule has 1 aliphatic rings. The Morgan fingerprint density at radius 1 is 1.54 bits per heavy atom. The highest BCUT2D eigenvalue weighted by Gasteiger charge is 2.46. The van der Waals surface area contributed by atoms with Gasteiger partial charge in [0.1, 0.15) is 0 Å². The molecule has 1 fully saturated rings. The van der Waals surface area contributed by atoms with Crippen LogP contribution in [-0.2, 0) is 0 Å². The van der Waals surface area contributed by atoms with Gasteiger partial charge in [-0.2, -0.15) is 0 Å². The molecule has 2 unspecified atom stereocenters. The van der Waals surface area contributed by atoms with Crippen molar-refractivity contribution >= 4 is 6.09 Å². The number of halogens is 3. The van der Waals surface area contributed by atoms with Crippen LogP contribution in [0.5, 0.6) is 0 Å². The number of carbonyl (C=O) groups is 1. The minimum atomic E-state index is -3.09. The lowest BCUT2D eigenvalue weighted by Crippen LogP contribution is -2.52. The van der Waals surface area contributed by atoms with Crippen molar-refractivity contribution in [3.63, 3.8) is 0 Å². The highest BCUT2D eigenvalue weighted by Crippen LogP contribution is 2.35. The highest BCUT2D eigenvalue weighted by atomic mass is 19.3. The average Bonchev–Trinajstić information content (AvgIpc) is 1.78. The van der Waals surface area contributed by atoms with Crippen molar-refractivity contribution in [3.05, 3.63) is 0 Å². The molecule has 1 amide bonds. The summed E-state index contributed by atoms with van der Waals surface area (Å²) in [6.45, 7) is 1.27. The number of alkyl halides is 3. The van der Waals surface area contributed by atoms with Gasteiger partial charge in [0.05, 0.1) is 6.42 Å². The first-order valence-electron chi connectivity index (χ1n) is 3.86. The Hall–Kier alpha value is -0.940. The van der Waals surface area contributed by atoms with E-state index in [4.69, 9.17) is 5.11 Å². The molecule has 3 nitrogen and oxygen atoms in total. The molecule has 13 heavy (non-hydrogen) atoms. The number of likely N-dealkylation sites (tertiary alicyclic amines) is 1. The molecule has 0 aromatic rings. The number of hydrogen-bond donors (Lipinski definition) is 1. The average molecular weight is 197 g/mol. The molecule has 6 heteroatoms. The second-order valence-electron chi connectivity index (χ2n) is 3.24. The summed E-state index contributed by atoms with van der Waals surface area (Å²) in [4.78, 5) is 10.9. The van der Waals surface area contributed by atoms with E-state index >= 15 is 0 Å². The van der Waals surface area contributed by atoms with E-state index < -0.39 is 37.2 Å². The zero-order chi connectivity index (χ0) is 10.2. The fourth-order valence-corrected chi connectivity index (χ4v) is 1.54. The van der Waals surface area contributed by atoms with Crippen molar-refractivity contribution in [3.8, 4) is 0 Å². The Labute approximate surface area is 73.1 Å². The van der Waals surface area contributed by atoms with Crippen LogP contribution in [0.25, 0.3) is 0 Å². The first kappa shape index (κ1) is 10.1. The molecule has 76 valence electrons. The third-order valence-electron chi connectivity index (χ3n) is 2.06. The summed E-state index contributed by atoms with van der Waals surface area (Å²) in [5.74, 6) is -3.09. The number of carboxylic acid groups (broad SMARTS) is 1. The predicted molar refractivity (Wildman–Crippen MR) is 38.4 cm³/mol. The van der Waals surface area contributed by atoms with Crippen molar-refractivity contribution in [1.29, 1.82) is 0 Å². The smallest absolute Gasteiger partial charge is 0.409 e. The van der Waals surface area contributed by atoms with Crippen molar-refractivity contribution in [1.82, 2.24) is 4.90 Å². The third-order valence-corrected chi connectivity index (χ3v) is 2.06. The van der Waals surface area contributed by atoms with Gasteiger partial charge in [-0.3, -0.25) is 4.90 Å². The molecule has 0 aromatic heterocycles. The Kier molecular flexibility index (Phi) is 2.40. The zero-order valence-corrected chi connectivity index (χ0v) is 7.01. The van der Waals surface area contributed by atoms with Crippen molar-refractivity contribution in [2.75, 3.05) is 0 Å². The third kappa shape index (κ3) is 2.05. The van der Waals surface area contributed by atoms with Crippen molar-refractivity contribution in [2.24, 2.45) is 0 Å². The first-order valence-corrected chi connectivity index (χ1v) is 3.86. The minimum absolute atomic E-state index is 0.428. The fraction of sp³-hybridized carbons (Fsp3) is 0.857. The fourth-order valence-electron chi connectivity index (χ4n) is 1.54. The van der Waals surface area contributed by atoms with Gasteiger partial charge in [0.15, 0.2) is 6.30 Å². The number of hydrogen-bond acceptors (Lipinski definition) is 1. The Bertz CT molecular complexity index is 208. The van der Waals surface area contributed by atoms with Crippen LogP contribution in [0.3, 0.4) is 0 Å². The summed E-state index contributed by atoms with van der Waals surface area (Å²) in [6, 6.07) is -0.976. The minimum Gasteiger partial charge on any atom is -0.465 e. The molecule has 0 radical (unpaired) electrons. The molecule has 0 aliphatic carbocycles. The monoisotopic (exact) mass is 197 g/mol. The molecule has 1 aliphatic heterocycles. The van der Waals surface area contributed by atoms with Crippen LogP contribution in [0, 0.1) is 0 Å². The van der Waals surface area contributed by atoms with Gasteiger partial charge >= 0.3 is 6.09 Å². The molecule has 0 aromatic carbocycles. The van der Waals surface area contributed by atoms with Crippen LogP contribution in [0.2, 0.25) is 0 Å². The largest absolute Gasteiger partial charge is 0.465 e. The zero-order valence-electron chi connectivity index (χ0n) is 7.01. The van der Waals surface area contributed by atoms with E-state index in [1.165, 1.54) is 6.92 Å². The lowest BCUT2D eigenvalue weighted by molar-refractivity contribution is -0.119. The second-order valence-corrected chi connectivity index (χ2v) is 3.24. The van der Waals surface area contributed by atoms with Gasteiger partial charge in [0, 0.05) is 12.5 Å². The summed E-state index contributed by atoms with van der Waals surface area (Å²) in [7, 11) is 0. The molecule has 0 bridgehead atoms. The van der Waals surface area contributed by atoms with Gasteiger partial charge < -0.3 is 5.11 Å². The molecular weight excluding hydrogens is 187 g/mol. The Balaban J connectivity index is 2.76. The van der Waals surface area contributed by atoms with Crippen LogP contribution in [0.1, 0.15) is 19.8 Å². The molecular formula is C7H10F3NO2. The number of piperidine rings is 1. The standard InChI is InChI=1S/C7H10F3NO2/c1-4-2-7(9,10)3-5(8)11(4)6(12)13/h4-5H,2-3H2,1H3,(H,12,13). The van der Waals surface area contributed by atoms with Gasteiger partial charge in [0.25, 0.3) is 5.92 Å². The van der Waals surface area contributed by atoms with Gasteiger partial charge in [-0.1, -0.05) is 0 Å². The molecule has 1 N–H and O–H groups in total. The van der Waals surface area contributed by atoms with E-state index in [0.29, 0.717) is 4.90 Å². The van der Waals surface area contributed by atoms with Crippen LogP contribution in [-0.4, -0.2) is 34.4 Å². The number of rotatable bonds is 0. The van der Waals surface area contributed by atoms with Crippen LogP contribution >= 0.6 is 0 Å². The summed E-state index contributed by atoms with van der Waals surface area (Å²) < 4.78 is 38.3. The maximum Gasteiger partial charge on any atom is 0.409 e. The van der Waals surface area contributed by atoms with Gasteiger partial charge in [0.2, 0.25) is 0 Å². The summed E-state index contributed by atoms with van der Waals surface area (Å²) in [5, 5.41) is 8.49. The molecule has 1 rings (SSSR count). The number of nitrogens with zero attached hydrogens (tertiary/aromatic N) is 1. The van der Waals surface area contributed by atoms with E-state index in [-0.39, 0.29) is 0 Å². The lowest BCUT2D eigenvalue weighted by Gasteiger charge is -2.38. The van der Waals surface area contributed by atoms with E-state index in [2.05, 4.69) is 0 Å². The normalized spacial score (nSPS) is 33.1. The maximum absolute atomic E-state index is 12.9. The molecule has 0 saturated carbocycles. The first-order chi connectivity index (χ1) is 5.83. The van der Waals surface area contributed by atoms with E-state index in [0.717, 1.165) is 0 Å².